The molecular weight excluding hydrogens is 552 g/mol. The van der Waals surface area contributed by atoms with Crippen molar-refractivity contribution in [1.82, 2.24) is 14.9 Å². The second-order valence-corrected chi connectivity index (χ2v) is 9.23. The molecule has 2 heterocycles. The Bertz CT molecular complexity index is 1110. The zero-order chi connectivity index (χ0) is 25.3. The van der Waals surface area contributed by atoms with E-state index < -0.39 is 6.09 Å². The summed E-state index contributed by atoms with van der Waals surface area (Å²) in [5.74, 6) is 0.579. The predicted octanol–water partition coefficient (Wildman–Crippen LogP) is 5.41. The highest BCUT2D eigenvalue weighted by molar-refractivity contribution is 14.1. The van der Waals surface area contributed by atoms with Crippen LogP contribution in [-0.4, -0.2) is 66.8 Å². The van der Waals surface area contributed by atoms with Crippen LogP contribution in [0.2, 0.25) is 0 Å². The van der Waals surface area contributed by atoms with Crippen molar-refractivity contribution in [2.45, 2.75) is 13.8 Å². The number of methoxy groups -OCH3 is 1. The quantitative estimate of drug-likeness (QED) is 0.325. The van der Waals surface area contributed by atoms with Crippen LogP contribution >= 0.6 is 22.6 Å². The summed E-state index contributed by atoms with van der Waals surface area (Å²) in [5, 5.41) is 3.65. The predicted molar refractivity (Wildman–Crippen MR) is 143 cm³/mol. The number of alkyl halides is 1. The minimum absolute atomic E-state index is 0.310. The molecule has 0 aliphatic carbocycles. The number of carbonyl (C=O) groups excluding carboxylic acids is 1. The van der Waals surface area contributed by atoms with Gasteiger partial charge in [-0.05, 0) is 50.2 Å². The maximum atomic E-state index is 14.4. The number of carbonyl (C=O) groups is 1. The third-order valence-corrected chi connectivity index (χ3v) is 4.43. The number of cyclic esters (lactones) is 1. The topological polar surface area (TPSA) is 79.8 Å². The Morgan fingerprint density at radius 3 is 2.53 bits per heavy atom. The molecule has 1 amide bonds. The van der Waals surface area contributed by atoms with Crippen molar-refractivity contribution in [2.75, 3.05) is 56.0 Å². The van der Waals surface area contributed by atoms with Gasteiger partial charge in [-0.15, -0.1) is 0 Å². The lowest BCUT2D eigenvalue weighted by Crippen LogP contribution is -2.23. The molecule has 0 bridgehead atoms. The smallest absolute Gasteiger partial charge is 0.414 e. The molecule has 0 radical (unpaired) electrons. The number of nitrogens with zero attached hydrogens (tertiary/aromatic N) is 4. The van der Waals surface area contributed by atoms with Gasteiger partial charge in [-0.3, -0.25) is 4.90 Å². The van der Waals surface area contributed by atoms with Gasteiger partial charge < -0.3 is 19.7 Å². The third kappa shape index (κ3) is 7.13. The summed E-state index contributed by atoms with van der Waals surface area (Å²) in [6, 6.07) is 8.56. The van der Waals surface area contributed by atoms with Crippen molar-refractivity contribution < 1.29 is 18.7 Å². The van der Waals surface area contributed by atoms with Gasteiger partial charge in [0.2, 0.25) is 0 Å². The average Bonchev–Trinajstić information content (AvgIpc) is 3.22. The minimum atomic E-state index is -0.441. The number of anilines is 3. The summed E-state index contributed by atoms with van der Waals surface area (Å²) in [5.41, 5.74) is 2.00. The van der Waals surface area contributed by atoms with Gasteiger partial charge in [-0.1, -0.05) is 41.6 Å². The third-order valence-electron chi connectivity index (χ3n) is 4.43. The second kappa shape index (κ2) is 13.2. The van der Waals surface area contributed by atoms with E-state index in [1.54, 1.807) is 37.3 Å². The molecule has 0 saturated carbocycles. The van der Waals surface area contributed by atoms with Crippen LogP contribution in [0.25, 0.3) is 10.9 Å². The highest BCUT2D eigenvalue weighted by Crippen LogP contribution is 2.36. The van der Waals surface area contributed by atoms with Crippen LogP contribution in [0.3, 0.4) is 0 Å². The first-order valence-corrected chi connectivity index (χ1v) is 12.2. The van der Waals surface area contributed by atoms with E-state index in [0.717, 1.165) is 0 Å². The molecule has 0 unspecified atom stereocenters. The Labute approximate surface area is 213 Å². The molecule has 1 N–H and O–H groups in total. The zero-order valence-corrected chi connectivity index (χ0v) is 22.5. The number of fused-ring (bicyclic) bond motifs is 1. The van der Waals surface area contributed by atoms with Gasteiger partial charge in [0, 0.05) is 11.5 Å². The van der Waals surface area contributed by atoms with E-state index in [0.29, 0.717) is 52.6 Å². The molecule has 1 fully saturated rings. The van der Waals surface area contributed by atoms with Crippen LogP contribution in [0, 0.1) is 12.7 Å². The number of hydrogen-bond donors (Lipinski definition) is 1. The van der Waals surface area contributed by atoms with E-state index >= 15 is 0 Å². The fourth-order valence-corrected chi connectivity index (χ4v) is 3.03. The van der Waals surface area contributed by atoms with Crippen molar-refractivity contribution in [3.05, 3.63) is 48.0 Å². The van der Waals surface area contributed by atoms with Crippen LogP contribution in [0.1, 0.15) is 12.5 Å². The molecule has 3 aromatic rings. The number of hydrogen-bond acceptors (Lipinski definition) is 7. The lowest BCUT2D eigenvalue weighted by molar-refractivity contribution is 0.181. The Morgan fingerprint density at radius 2 is 1.94 bits per heavy atom. The molecule has 1 saturated heterocycles. The normalized spacial score (nSPS) is 12.5. The monoisotopic (exact) mass is 583 g/mol. The van der Waals surface area contributed by atoms with Crippen LogP contribution in [0.15, 0.2) is 36.7 Å². The van der Waals surface area contributed by atoms with Gasteiger partial charge in [0.25, 0.3) is 0 Å². The summed E-state index contributed by atoms with van der Waals surface area (Å²) < 4.78 is 26.0. The molecular formula is C24H31FIN5O3. The first-order chi connectivity index (χ1) is 16.2. The molecule has 1 aliphatic rings. The highest BCUT2D eigenvalue weighted by Gasteiger charge is 2.27. The number of nitrogens with one attached hydrogen (secondary N) is 1. The fourth-order valence-electron chi connectivity index (χ4n) is 3.03. The Kier molecular flexibility index (Phi) is 10.7. The van der Waals surface area contributed by atoms with Crippen LogP contribution < -0.4 is 15.0 Å². The van der Waals surface area contributed by atoms with Crippen molar-refractivity contribution in [3.8, 4) is 5.75 Å². The number of rotatable bonds is 4. The zero-order valence-electron chi connectivity index (χ0n) is 20.4. The first-order valence-electron chi connectivity index (χ1n) is 10.7. The van der Waals surface area contributed by atoms with E-state index in [2.05, 4.69) is 44.8 Å². The van der Waals surface area contributed by atoms with Crippen molar-refractivity contribution >= 4 is 56.8 Å². The molecule has 4 rings (SSSR count). The largest absolute Gasteiger partial charge is 0.494 e. The van der Waals surface area contributed by atoms with E-state index in [9.17, 15) is 9.18 Å². The lowest BCUT2D eigenvalue weighted by Gasteiger charge is -2.18. The van der Waals surface area contributed by atoms with Crippen LogP contribution in [0.4, 0.5) is 26.4 Å². The van der Waals surface area contributed by atoms with Crippen molar-refractivity contribution in [3.63, 3.8) is 0 Å². The average molecular weight is 583 g/mol. The summed E-state index contributed by atoms with van der Waals surface area (Å²) in [6.45, 7) is 4.54. The second-order valence-electron chi connectivity index (χ2n) is 7.70. The van der Waals surface area contributed by atoms with E-state index in [1.165, 1.54) is 22.8 Å². The molecule has 8 nitrogen and oxygen atoms in total. The van der Waals surface area contributed by atoms with Gasteiger partial charge in [0.05, 0.1) is 30.5 Å². The molecule has 184 valence electrons. The molecule has 34 heavy (non-hydrogen) atoms. The van der Waals surface area contributed by atoms with E-state index in [4.69, 9.17) is 9.47 Å². The maximum Gasteiger partial charge on any atom is 0.414 e. The van der Waals surface area contributed by atoms with Gasteiger partial charge in [-0.25, -0.2) is 19.2 Å². The van der Waals surface area contributed by atoms with Gasteiger partial charge in [-0.2, -0.15) is 0 Å². The SMILES string of the molecule is CCI.CN(C)C.COc1cc2ncnc(Nc3cccc(C)c3F)c2cc1N1CCOC1=O. The standard InChI is InChI=1S/C19H17FN4O3.C3H9N.C2H5I/c1-11-4-3-5-13(17(11)20)23-18-12-8-15(24-6-7-27-19(24)25)16(26-2)9-14(12)21-10-22-18;1-4(2)3;1-2-3/h3-5,8-10H,6-7H2,1-2H3,(H,21,22,23);1-3H3;2H2,1H3. The number of halogens is 2. The summed E-state index contributed by atoms with van der Waals surface area (Å²) in [4.78, 5) is 24.0. The molecule has 2 aromatic carbocycles. The van der Waals surface area contributed by atoms with Gasteiger partial charge in [0.15, 0.2) is 0 Å². The molecule has 0 spiro atoms. The van der Waals surface area contributed by atoms with Gasteiger partial charge in [0.1, 0.15) is 30.3 Å². The summed E-state index contributed by atoms with van der Waals surface area (Å²) >= 11 is 2.29. The number of aromatic nitrogens is 2. The number of amides is 1. The van der Waals surface area contributed by atoms with Crippen LogP contribution in [0.5, 0.6) is 5.75 Å². The maximum absolute atomic E-state index is 14.4. The minimum Gasteiger partial charge on any atom is -0.494 e. The molecule has 10 heteroatoms. The number of benzene rings is 2. The van der Waals surface area contributed by atoms with Crippen LogP contribution in [-0.2, 0) is 4.74 Å². The first kappa shape index (κ1) is 27.5. The number of ether oxygens (including phenoxy) is 2. The number of aryl methyl sites for hydroxylation is 1. The molecule has 1 aliphatic heterocycles. The molecule has 0 atom stereocenters. The van der Waals surface area contributed by atoms with E-state index in [1.807, 2.05) is 26.0 Å². The lowest BCUT2D eigenvalue weighted by atomic mass is 10.1. The Morgan fingerprint density at radius 1 is 1.26 bits per heavy atom. The van der Waals surface area contributed by atoms with Crippen molar-refractivity contribution in [1.29, 1.82) is 0 Å². The van der Waals surface area contributed by atoms with Crippen molar-refractivity contribution in [2.24, 2.45) is 0 Å². The van der Waals surface area contributed by atoms with Gasteiger partial charge >= 0.3 is 6.09 Å². The summed E-state index contributed by atoms with van der Waals surface area (Å²) in [6.07, 6.45) is 0.949. The molecule has 1 aromatic heterocycles. The van der Waals surface area contributed by atoms with E-state index in [-0.39, 0.29) is 5.82 Å². The Balaban J connectivity index is 0.000000519. The Hall–Kier alpha value is -2.73. The summed E-state index contributed by atoms with van der Waals surface area (Å²) in [7, 11) is 7.52. The fraction of sp³-hybridized carbons (Fsp3) is 0.375. The highest BCUT2D eigenvalue weighted by atomic mass is 127.